The second-order valence-electron chi connectivity index (χ2n) is 8.83. The van der Waals surface area contributed by atoms with Gasteiger partial charge < -0.3 is 9.80 Å². The van der Waals surface area contributed by atoms with Crippen molar-refractivity contribution in [1.82, 2.24) is 34.2 Å². The van der Waals surface area contributed by atoms with E-state index in [2.05, 4.69) is 25.0 Å². The number of aryl methyl sites for hydroxylation is 1. The molecule has 3 aromatic rings. The summed E-state index contributed by atoms with van der Waals surface area (Å²) >= 11 is 0. The summed E-state index contributed by atoms with van der Waals surface area (Å²) in [5.41, 5.74) is 0.167. The zero-order valence-electron chi connectivity index (χ0n) is 20.8. The predicted octanol–water partition coefficient (Wildman–Crippen LogP) is 2.66. The lowest BCUT2D eigenvalue weighted by Gasteiger charge is -2.37. The van der Waals surface area contributed by atoms with Crippen molar-refractivity contribution in [2.75, 3.05) is 31.1 Å². The lowest BCUT2D eigenvalue weighted by atomic mass is 10.0. The molecule has 4 heterocycles. The number of piperazine rings is 1. The van der Waals surface area contributed by atoms with E-state index in [0.717, 1.165) is 16.9 Å². The summed E-state index contributed by atoms with van der Waals surface area (Å²) in [5.74, 6) is -0.902. The number of anilines is 1. The van der Waals surface area contributed by atoms with Gasteiger partial charge in [-0.25, -0.2) is 33.2 Å². The normalized spacial score (nSPS) is 17.2. The van der Waals surface area contributed by atoms with Gasteiger partial charge in [-0.1, -0.05) is 6.07 Å². The molecule has 0 unspecified atom stereocenters. The Hall–Kier alpha value is -4.67. The van der Waals surface area contributed by atoms with E-state index >= 15 is 0 Å². The molecule has 0 aliphatic carbocycles. The molecule has 0 saturated carbocycles. The number of hydrazone groups is 1. The molecule has 0 N–H and O–H groups in total. The van der Waals surface area contributed by atoms with Gasteiger partial charge in [0, 0.05) is 45.4 Å². The molecule has 12 nitrogen and oxygen atoms in total. The molecule has 2 aliphatic rings. The summed E-state index contributed by atoms with van der Waals surface area (Å²) in [6.45, 7) is 12.4. The van der Waals surface area contributed by atoms with Crippen LogP contribution in [-0.2, 0) is 6.54 Å². The monoisotopic (exact) mass is 522 g/mol. The van der Waals surface area contributed by atoms with Crippen molar-refractivity contribution in [1.29, 1.82) is 0 Å². The van der Waals surface area contributed by atoms with Crippen molar-refractivity contribution < 1.29 is 13.6 Å². The Bertz CT molecular complexity index is 1520. The van der Waals surface area contributed by atoms with Crippen LogP contribution >= 0.6 is 0 Å². The van der Waals surface area contributed by atoms with Crippen LogP contribution in [0.1, 0.15) is 30.8 Å². The van der Waals surface area contributed by atoms with Gasteiger partial charge in [-0.2, -0.15) is 14.8 Å². The molecule has 196 valence electrons. The van der Waals surface area contributed by atoms with Crippen LogP contribution in [0.4, 0.5) is 25.2 Å². The van der Waals surface area contributed by atoms with Gasteiger partial charge in [0.2, 0.25) is 5.95 Å². The average molecular weight is 523 g/mol. The van der Waals surface area contributed by atoms with Gasteiger partial charge in [-0.05, 0) is 31.5 Å². The molecule has 2 aromatic heterocycles. The third-order valence-electron chi connectivity index (χ3n) is 6.55. The first-order valence-corrected chi connectivity index (χ1v) is 12.0. The highest BCUT2D eigenvalue weighted by Gasteiger charge is 2.34. The van der Waals surface area contributed by atoms with Crippen LogP contribution < -0.4 is 10.6 Å². The van der Waals surface area contributed by atoms with E-state index in [4.69, 9.17) is 6.57 Å². The molecular formula is C24H24F2N10O2. The fourth-order valence-electron chi connectivity index (χ4n) is 4.62. The first kappa shape index (κ1) is 25.0. The van der Waals surface area contributed by atoms with Crippen LogP contribution in [0.2, 0.25) is 0 Å². The lowest BCUT2D eigenvalue weighted by molar-refractivity contribution is 0.139. The summed E-state index contributed by atoms with van der Waals surface area (Å²) in [5, 5.41) is 9.65. The van der Waals surface area contributed by atoms with Crippen LogP contribution in [0.3, 0.4) is 0 Å². The largest absolute Gasteiger partial charge is 0.352 e. The topological polar surface area (TPSA) is 109 Å². The number of nitrogens with zero attached hydrogens (tertiary/aromatic N) is 10. The average Bonchev–Trinajstić information content (AvgIpc) is 3.52. The molecular weight excluding hydrogens is 498 g/mol. The lowest BCUT2D eigenvalue weighted by Crippen LogP contribution is -2.52. The Balaban J connectivity index is 1.30. The Morgan fingerprint density at radius 3 is 2.63 bits per heavy atom. The van der Waals surface area contributed by atoms with Crippen molar-refractivity contribution in [3.8, 4) is 5.82 Å². The van der Waals surface area contributed by atoms with Crippen LogP contribution in [-0.4, -0.2) is 72.6 Å². The second kappa shape index (κ2) is 10.0. The highest BCUT2D eigenvalue weighted by molar-refractivity contribution is 5.79. The van der Waals surface area contributed by atoms with Crippen LogP contribution in [0.15, 0.2) is 34.3 Å². The maximum Gasteiger partial charge on any atom is 0.352 e. The van der Waals surface area contributed by atoms with E-state index in [0.29, 0.717) is 50.5 Å². The quantitative estimate of drug-likeness (QED) is 0.488. The first-order valence-electron chi connectivity index (χ1n) is 12.0. The summed E-state index contributed by atoms with van der Waals surface area (Å²) in [6, 6.07) is 3.17. The summed E-state index contributed by atoms with van der Waals surface area (Å²) < 4.78 is 30.9. The van der Waals surface area contributed by atoms with Gasteiger partial charge in [0.05, 0.1) is 18.8 Å². The van der Waals surface area contributed by atoms with Crippen LogP contribution in [0.5, 0.6) is 0 Å². The Morgan fingerprint density at radius 2 is 1.95 bits per heavy atom. The SMILES string of the molecule is [C-]#[N+]c1cc(F)cc([C@@H]2CC=NN2C(=O)N2CCN(c3ncc(F)c(-n4nc(C)n(CC)c4=O)n3)CC2)c1. The molecule has 2 amide bonds. The molecule has 1 atom stereocenters. The van der Waals surface area contributed by atoms with Crippen molar-refractivity contribution in [2.45, 2.75) is 32.9 Å². The standard InChI is InChI=1S/C24H24F2N10O2/c1-4-34-15(2)31-36(24(34)38)21-19(26)14-28-22(30-21)32-7-9-33(10-8-32)23(37)35-20(5-6-29-35)16-11-17(25)13-18(12-16)27-3/h6,11-14,20H,4-5,7-10H2,1-2H3/t20-/m0/s1. The number of aromatic nitrogens is 5. The predicted molar refractivity (Wildman–Crippen MR) is 133 cm³/mol. The molecule has 1 fully saturated rings. The van der Waals surface area contributed by atoms with Gasteiger partial charge in [-0.15, -0.1) is 5.10 Å². The van der Waals surface area contributed by atoms with E-state index < -0.39 is 23.4 Å². The molecule has 5 rings (SSSR count). The number of carbonyl (C=O) groups is 1. The highest BCUT2D eigenvalue weighted by Crippen LogP contribution is 2.32. The summed E-state index contributed by atoms with van der Waals surface area (Å²) in [4.78, 5) is 41.0. The maximum absolute atomic E-state index is 14.6. The van der Waals surface area contributed by atoms with E-state index in [-0.39, 0.29) is 23.5 Å². The summed E-state index contributed by atoms with van der Waals surface area (Å²) in [7, 11) is 0. The highest BCUT2D eigenvalue weighted by atomic mass is 19.1. The zero-order chi connectivity index (χ0) is 27.0. The number of carbonyl (C=O) groups excluding carboxylic acids is 1. The van der Waals surface area contributed by atoms with Gasteiger partial charge >= 0.3 is 11.7 Å². The Labute approximate surface area is 216 Å². The molecule has 0 radical (unpaired) electrons. The maximum atomic E-state index is 14.6. The summed E-state index contributed by atoms with van der Waals surface area (Å²) in [6.07, 6.45) is 3.01. The van der Waals surface area contributed by atoms with E-state index in [1.165, 1.54) is 15.6 Å². The number of halogens is 2. The molecule has 0 bridgehead atoms. The number of hydrogen-bond donors (Lipinski definition) is 0. The first-order chi connectivity index (χ1) is 18.3. The molecule has 0 spiro atoms. The van der Waals surface area contributed by atoms with Crippen molar-refractivity contribution in [2.24, 2.45) is 5.10 Å². The number of benzene rings is 1. The fraction of sp³-hybridized carbons (Fsp3) is 0.375. The fourth-order valence-corrected chi connectivity index (χ4v) is 4.62. The number of urea groups is 1. The smallest absolute Gasteiger partial charge is 0.337 e. The van der Waals surface area contributed by atoms with Gasteiger partial charge in [0.25, 0.3) is 0 Å². The minimum Gasteiger partial charge on any atom is -0.337 e. The van der Waals surface area contributed by atoms with Crippen molar-refractivity contribution >= 4 is 23.9 Å². The number of amides is 2. The van der Waals surface area contributed by atoms with E-state index in [1.807, 2.05) is 0 Å². The van der Waals surface area contributed by atoms with Crippen molar-refractivity contribution in [3.05, 3.63) is 69.3 Å². The minimum absolute atomic E-state index is 0.158. The number of rotatable bonds is 4. The second-order valence-corrected chi connectivity index (χ2v) is 8.83. The molecule has 38 heavy (non-hydrogen) atoms. The molecule has 1 aromatic carbocycles. The van der Waals surface area contributed by atoms with Crippen molar-refractivity contribution in [3.63, 3.8) is 0 Å². The molecule has 1 saturated heterocycles. The van der Waals surface area contributed by atoms with Gasteiger partial charge in [0.15, 0.2) is 17.3 Å². The zero-order valence-corrected chi connectivity index (χ0v) is 20.8. The molecule has 2 aliphatic heterocycles. The van der Waals surface area contributed by atoms with Crippen LogP contribution in [0.25, 0.3) is 10.7 Å². The minimum atomic E-state index is -0.776. The number of hydrogen-bond acceptors (Lipinski definition) is 7. The third-order valence-corrected chi connectivity index (χ3v) is 6.55. The Kier molecular flexibility index (Phi) is 6.58. The third kappa shape index (κ3) is 4.47. The van der Waals surface area contributed by atoms with Gasteiger partial charge in [-0.3, -0.25) is 4.57 Å². The van der Waals surface area contributed by atoms with E-state index in [1.54, 1.807) is 35.9 Å². The van der Waals surface area contributed by atoms with E-state index in [9.17, 15) is 18.4 Å². The van der Waals surface area contributed by atoms with Gasteiger partial charge in [0.1, 0.15) is 11.6 Å². The molecule has 14 heteroatoms. The Morgan fingerprint density at radius 1 is 1.18 bits per heavy atom. The van der Waals surface area contributed by atoms with Crippen LogP contribution in [0, 0.1) is 25.1 Å².